The van der Waals surface area contributed by atoms with Gasteiger partial charge in [0.15, 0.2) is 0 Å². The van der Waals surface area contributed by atoms with E-state index in [4.69, 9.17) is 25.2 Å². The Bertz CT molecular complexity index is 801. The molecule has 2 rings (SSSR count). The lowest BCUT2D eigenvalue weighted by molar-refractivity contribution is -0.0388. The maximum atomic E-state index is 8.47. The molecule has 5 nitrogen and oxygen atoms in total. The largest absolute Gasteiger partial charge is 0.394 e. The van der Waals surface area contributed by atoms with Crippen molar-refractivity contribution in [3.05, 3.63) is 96.1 Å². The zero-order valence-electron chi connectivity index (χ0n) is 17.8. The first-order valence-electron chi connectivity index (χ1n) is 9.86. The van der Waals surface area contributed by atoms with Crippen LogP contribution in [0.5, 0.6) is 0 Å². The zero-order chi connectivity index (χ0) is 23.2. The van der Waals surface area contributed by atoms with Gasteiger partial charge in [0.05, 0.1) is 26.4 Å². The zero-order valence-corrected chi connectivity index (χ0v) is 17.8. The predicted molar refractivity (Wildman–Crippen MR) is 128 cm³/mol. The SMILES string of the molecule is C=Cc1cccc(COCc2cccc(C=C)c2C=C)c1C=C.OC[C@@H](O)[C@@H](O)CO. The van der Waals surface area contributed by atoms with Crippen LogP contribution in [0.4, 0.5) is 0 Å². The Kier molecular flexibility index (Phi) is 12.1. The molecule has 0 unspecified atom stereocenters. The van der Waals surface area contributed by atoms with Gasteiger partial charge < -0.3 is 25.2 Å². The summed E-state index contributed by atoms with van der Waals surface area (Å²) in [6.45, 7) is 15.5. The van der Waals surface area contributed by atoms with E-state index >= 15 is 0 Å². The Morgan fingerprint density at radius 3 is 1.35 bits per heavy atom. The summed E-state index contributed by atoms with van der Waals surface area (Å²) < 4.78 is 5.93. The summed E-state index contributed by atoms with van der Waals surface area (Å²) in [5.41, 5.74) is 6.51. The molecule has 5 heteroatoms. The van der Waals surface area contributed by atoms with Gasteiger partial charge in [0, 0.05) is 0 Å². The van der Waals surface area contributed by atoms with Crippen LogP contribution in [0.2, 0.25) is 0 Å². The molecule has 2 atom stereocenters. The molecule has 0 saturated heterocycles. The molecule has 0 radical (unpaired) electrons. The Morgan fingerprint density at radius 1 is 0.677 bits per heavy atom. The molecule has 0 saturated carbocycles. The Hall–Kier alpha value is -2.80. The molecule has 0 aliphatic rings. The number of benzene rings is 2. The average molecular weight is 425 g/mol. The third-order valence-electron chi connectivity index (χ3n) is 4.64. The monoisotopic (exact) mass is 424 g/mol. The second-order valence-electron chi connectivity index (χ2n) is 6.65. The fourth-order valence-corrected chi connectivity index (χ4v) is 2.89. The lowest BCUT2D eigenvalue weighted by Gasteiger charge is -2.12. The second kappa shape index (κ2) is 14.2. The van der Waals surface area contributed by atoms with E-state index in [-0.39, 0.29) is 0 Å². The van der Waals surface area contributed by atoms with Crippen LogP contribution in [0.25, 0.3) is 24.3 Å². The normalized spacial score (nSPS) is 12.1. The molecule has 0 spiro atoms. The van der Waals surface area contributed by atoms with Crippen molar-refractivity contribution >= 4 is 24.3 Å². The molecule has 0 fully saturated rings. The third kappa shape index (κ3) is 7.75. The van der Waals surface area contributed by atoms with Gasteiger partial charge in [-0.25, -0.2) is 0 Å². The molecule has 0 amide bonds. The third-order valence-corrected chi connectivity index (χ3v) is 4.64. The summed E-state index contributed by atoms with van der Waals surface area (Å²) in [5.74, 6) is 0. The topological polar surface area (TPSA) is 90.2 Å². The number of hydrogen-bond acceptors (Lipinski definition) is 5. The maximum absolute atomic E-state index is 8.47. The quantitative estimate of drug-likeness (QED) is 0.442. The van der Waals surface area contributed by atoms with E-state index in [9.17, 15) is 0 Å². The first-order chi connectivity index (χ1) is 15.0. The summed E-state index contributed by atoms with van der Waals surface area (Å²) >= 11 is 0. The van der Waals surface area contributed by atoms with Gasteiger partial charge in [0.25, 0.3) is 0 Å². The summed E-state index contributed by atoms with van der Waals surface area (Å²) in [4.78, 5) is 0. The van der Waals surface area contributed by atoms with Crippen molar-refractivity contribution in [3.63, 3.8) is 0 Å². The Balaban J connectivity index is 0.000000512. The van der Waals surface area contributed by atoms with Crippen molar-refractivity contribution in [2.75, 3.05) is 13.2 Å². The van der Waals surface area contributed by atoms with Crippen molar-refractivity contribution in [1.82, 2.24) is 0 Å². The summed E-state index contributed by atoms with van der Waals surface area (Å²) in [6, 6.07) is 12.2. The van der Waals surface area contributed by atoms with Gasteiger partial charge in [-0.05, 0) is 33.4 Å². The fourth-order valence-electron chi connectivity index (χ4n) is 2.89. The number of hydrogen-bond donors (Lipinski definition) is 4. The van der Waals surface area contributed by atoms with E-state index in [2.05, 4.69) is 38.4 Å². The molecule has 0 aliphatic carbocycles. The van der Waals surface area contributed by atoms with Crippen LogP contribution in [-0.4, -0.2) is 45.8 Å². The second-order valence-corrected chi connectivity index (χ2v) is 6.65. The van der Waals surface area contributed by atoms with Gasteiger partial charge in [-0.15, -0.1) is 0 Å². The lowest BCUT2D eigenvalue weighted by Crippen LogP contribution is -2.31. The van der Waals surface area contributed by atoms with Crippen molar-refractivity contribution in [2.45, 2.75) is 25.4 Å². The van der Waals surface area contributed by atoms with Crippen molar-refractivity contribution < 1.29 is 25.2 Å². The summed E-state index contributed by atoms with van der Waals surface area (Å²) in [5, 5.41) is 33.2. The van der Waals surface area contributed by atoms with E-state index < -0.39 is 25.4 Å². The first kappa shape index (κ1) is 26.2. The maximum Gasteiger partial charge on any atom is 0.105 e. The fraction of sp³-hybridized carbons (Fsp3) is 0.231. The van der Waals surface area contributed by atoms with Crippen LogP contribution in [-0.2, 0) is 18.0 Å². The van der Waals surface area contributed by atoms with Crippen LogP contribution in [0.3, 0.4) is 0 Å². The minimum atomic E-state index is -1.22. The lowest BCUT2D eigenvalue weighted by atomic mass is 10.0. The van der Waals surface area contributed by atoms with E-state index in [1.165, 1.54) is 0 Å². The minimum absolute atomic E-state index is 0.526. The average Bonchev–Trinajstić information content (AvgIpc) is 2.82. The Morgan fingerprint density at radius 2 is 1.06 bits per heavy atom. The highest BCUT2D eigenvalue weighted by Gasteiger charge is 2.12. The highest BCUT2D eigenvalue weighted by atomic mass is 16.5. The molecular formula is C26H32O5. The first-order valence-corrected chi connectivity index (χ1v) is 9.86. The van der Waals surface area contributed by atoms with Gasteiger partial charge in [-0.3, -0.25) is 0 Å². The van der Waals surface area contributed by atoms with Crippen LogP contribution in [0.1, 0.15) is 33.4 Å². The number of aliphatic hydroxyl groups is 4. The molecule has 2 aromatic carbocycles. The van der Waals surface area contributed by atoms with Crippen molar-refractivity contribution in [1.29, 1.82) is 0 Å². The van der Waals surface area contributed by atoms with E-state index in [1.54, 1.807) is 0 Å². The highest BCUT2D eigenvalue weighted by molar-refractivity contribution is 5.67. The molecule has 0 aromatic heterocycles. The molecule has 2 aromatic rings. The van der Waals surface area contributed by atoms with E-state index in [1.807, 2.05) is 48.6 Å². The Labute approximate surface area is 184 Å². The van der Waals surface area contributed by atoms with E-state index in [0.717, 1.165) is 33.4 Å². The molecule has 4 N–H and O–H groups in total. The van der Waals surface area contributed by atoms with Crippen LogP contribution in [0.15, 0.2) is 62.7 Å². The summed E-state index contributed by atoms with van der Waals surface area (Å²) in [6.07, 6.45) is 4.93. The van der Waals surface area contributed by atoms with Gasteiger partial charge in [0.2, 0.25) is 0 Å². The van der Waals surface area contributed by atoms with Gasteiger partial charge in [0.1, 0.15) is 12.2 Å². The standard InChI is InChI=1S/C22H22O.C4H10O4/c1-5-17-11-9-13-19(21(17)7-3)15-23-16-20-14-10-12-18(6-2)22(20)8-4;5-1-3(7)4(8)2-6/h5-14H,1-4,15-16H2;3-8H,1-2H2/t;3-,4+. The molecule has 0 bridgehead atoms. The van der Waals surface area contributed by atoms with Gasteiger partial charge in [-0.1, -0.05) is 87.0 Å². The van der Waals surface area contributed by atoms with Crippen LogP contribution in [0, 0.1) is 0 Å². The highest BCUT2D eigenvalue weighted by Crippen LogP contribution is 2.21. The van der Waals surface area contributed by atoms with Crippen LogP contribution >= 0.6 is 0 Å². The van der Waals surface area contributed by atoms with Crippen molar-refractivity contribution in [3.8, 4) is 0 Å². The molecular weight excluding hydrogens is 392 g/mol. The van der Waals surface area contributed by atoms with E-state index in [0.29, 0.717) is 13.2 Å². The minimum Gasteiger partial charge on any atom is -0.394 e. The number of aliphatic hydroxyl groups excluding tert-OH is 4. The molecule has 166 valence electrons. The predicted octanol–water partition coefficient (Wildman–Crippen LogP) is 3.67. The summed E-state index contributed by atoms with van der Waals surface area (Å²) in [7, 11) is 0. The smallest absolute Gasteiger partial charge is 0.105 e. The molecule has 31 heavy (non-hydrogen) atoms. The van der Waals surface area contributed by atoms with Gasteiger partial charge in [-0.2, -0.15) is 0 Å². The van der Waals surface area contributed by atoms with Crippen LogP contribution < -0.4 is 0 Å². The molecule has 0 heterocycles. The van der Waals surface area contributed by atoms with Gasteiger partial charge >= 0.3 is 0 Å². The number of rotatable bonds is 11. The van der Waals surface area contributed by atoms with Crippen molar-refractivity contribution in [2.24, 2.45) is 0 Å². The number of ether oxygens (including phenoxy) is 1. The molecule has 0 aliphatic heterocycles.